The fraction of sp³-hybridized carbons (Fsp3) is 0.538. The van der Waals surface area contributed by atoms with Gasteiger partial charge in [0.1, 0.15) is 11.6 Å². The van der Waals surface area contributed by atoms with Crippen LogP contribution < -0.4 is 20.9 Å². The van der Waals surface area contributed by atoms with E-state index in [1.807, 2.05) is 12.1 Å². The molecule has 2 aliphatic heterocycles. The van der Waals surface area contributed by atoms with Crippen LogP contribution in [0.1, 0.15) is 40.7 Å². The number of carbonyl (C=O) groups excluding carboxylic acids is 1. The first-order valence-corrected chi connectivity index (χ1v) is 12.6. The summed E-state index contributed by atoms with van der Waals surface area (Å²) in [6.07, 6.45) is 3.92. The van der Waals surface area contributed by atoms with Crippen LogP contribution in [0.2, 0.25) is 0 Å². The van der Waals surface area contributed by atoms with Gasteiger partial charge in [-0.2, -0.15) is 0 Å². The summed E-state index contributed by atoms with van der Waals surface area (Å²) in [6.45, 7) is 6.12. The van der Waals surface area contributed by atoms with Crippen LogP contribution in [-0.4, -0.2) is 78.9 Å². The second-order valence-electron chi connectivity index (χ2n) is 9.73. The highest BCUT2D eigenvalue weighted by molar-refractivity contribution is 5.95. The Labute approximate surface area is 201 Å². The van der Waals surface area contributed by atoms with Crippen LogP contribution >= 0.6 is 0 Å². The van der Waals surface area contributed by atoms with Crippen molar-refractivity contribution in [2.45, 2.75) is 44.4 Å². The Kier molecular flexibility index (Phi) is 7.27. The number of β-amino-alcohol motifs (C(OH)–C–C–N with tert-alkyl or cyclic N) is 1. The van der Waals surface area contributed by atoms with Crippen molar-refractivity contribution in [1.29, 1.82) is 0 Å². The fourth-order valence-corrected chi connectivity index (χ4v) is 4.92. The van der Waals surface area contributed by atoms with Gasteiger partial charge in [0.15, 0.2) is 0 Å². The van der Waals surface area contributed by atoms with Crippen molar-refractivity contribution in [2.24, 2.45) is 0 Å². The van der Waals surface area contributed by atoms with E-state index in [1.165, 1.54) is 17.5 Å². The molecular formula is C26H36N6O2. The van der Waals surface area contributed by atoms with Gasteiger partial charge < -0.3 is 26.0 Å². The molecule has 1 aromatic carbocycles. The van der Waals surface area contributed by atoms with Crippen molar-refractivity contribution in [3.63, 3.8) is 0 Å². The summed E-state index contributed by atoms with van der Waals surface area (Å²) in [4.78, 5) is 22.3. The summed E-state index contributed by atoms with van der Waals surface area (Å²) in [5, 5.41) is 20.4. The van der Waals surface area contributed by atoms with Crippen molar-refractivity contribution in [3.8, 4) is 0 Å². The van der Waals surface area contributed by atoms with E-state index in [-0.39, 0.29) is 12.5 Å². The first kappa shape index (κ1) is 23.1. The summed E-state index contributed by atoms with van der Waals surface area (Å²) in [5.74, 6) is 1.43. The number of benzene rings is 1. The van der Waals surface area contributed by atoms with Gasteiger partial charge in [0.05, 0.1) is 6.10 Å². The summed E-state index contributed by atoms with van der Waals surface area (Å²) in [6, 6.07) is 12.6. The minimum Gasteiger partial charge on any atom is -0.390 e. The van der Waals surface area contributed by atoms with E-state index >= 15 is 0 Å². The van der Waals surface area contributed by atoms with Crippen LogP contribution in [0.4, 0.5) is 11.6 Å². The van der Waals surface area contributed by atoms with Crippen LogP contribution in [0.15, 0.2) is 36.4 Å². The van der Waals surface area contributed by atoms with Crippen LogP contribution in [0.5, 0.6) is 0 Å². The molecule has 1 aliphatic carbocycles. The van der Waals surface area contributed by atoms with Crippen molar-refractivity contribution >= 4 is 17.5 Å². The lowest BCUT2D eigenvalue weighted by Crippen LogP contribution is -2.44. The molecule has 182 valence electrons. The van der Waals surface area contributed by atoms with Gasteiger partial charge in [0.2, 0.25) is 0 Å². The number of aliphatic hydroxyl groups is 1. The van der Waals surface area contributed by atoms with E-state index in [0.29, 0.717) is 18.2 Å². The standard InChI is InChI=1S/C26H36N6O2/c33-23(18-31-11-8-19-4-1-2-5-20(19)17-31)16-28-26(34)21-14-24(29-22-6-3-7-22)30-25(15-21)32-12-9-27-10-13-32/h1-2,4-5,14-15,22-23,27,33H,3,6-13,16-18H2,(H,28,34)(H,29,30)/t23-/m0/s1. The van der Waals surface area contributed by atoms with Crippen LogP contribution in [-0.2, 0) is 13.0 Å². The van der Waals surface area contributed by atoms with E-state index in [9.17, 15) is 9.90 Å². The van der Waals surface area contributed by atoms with Gasteiger partial charge >= 0.3 is 0 Å². The molecule has 2 aromatic rings. The molecule has 1 saturated heterocycles. The van der Waals surface area contributed by atoms with Gasteiger partial charge in [0, 0.05) is 64.0 Å². The number of piperazine rings is 1. The second kappa shape index (κ2) is 10.7. The molecule has 1 saturated carbocycles. The number of rotatable bonds is 8. The molecule has 1 amide bonds. The number of anilines is 2. The number of pyridine rings is 1. The highest BCUT2D eigenvalue weighted by atomic mass is 16.3. The van der Waals surface area contributed by atoms with Gasteiger partial charge in [0.25, 0.3) is 5.91 Å². The van der Waals surface area contributed by atoms with E-state index < -0.39 is 6.10 Å². The Morgan fingerprint density at radius 3 is 2.71 bits per heavy atom. The number of carbonyl (C=O) groups is 1. The molecular weight excluding hydrogens is 428 g/mol. The van der Waals surface area contributed by atoms with Gasteiger partial charge in [-0.15, -0.1) is 0 Å². The lowest BCUT2D eigenvalue weighted by Gasteiger charge is -2.31. The molecule has 4 N–H and O–H groups in total. The lowest BCUT2D eigenvalue weighted by molar-refractivity contribution is 0.0842. The predicted octanol–water partition coefficient (Wildman–Crippen LogP) is 1.60. The molecule has 1 atom stereocenters. The molecule has 0 unspecified atom stereocenters. The monoisotopic (exact) mass is 464 g/mol. The number of amides is 1. The van der Waals surface area contributed by atoms with E-state index in [4.69, 9.17) is 4.98 Å². The van der Waals surface area contributed by atoms with Crippen LogP contribution in [0, 0.1) is 0 Å². The molecule has 8 nitrogen and oxygen atoms in total. The number of aromatic nitrogens is 1. The maximum absolute atomic E-state index is 13.0. The van der Waals surface area contributed by atoms with Crippen molar-refractivity contribution in [2.75, 3.05) is 56.0 Å². The number of fused-ring (bicyclic) bond motifs is 1. The van der Waals surface area contributed by atoms with Crippen molar-refractivity contribution < 1.29 is 9.90 Å². The highest BCUT2D eigenvalue weighted by Crippen LogP contribution is 2.25. The summed E-state index contributed by atoms with van der Waals surface area (Å²) in [5.41, 5.74) is 3.31. The van der Waals surface area contributed by atoms with E-state index in [2.05, 4.69) is 50.0 Å². The zero-order valence-corrected chi connectivity index (χ0v) is 19.8. The van der Waals surface area contributed by atoms with E-state index in [0.717, 1.165) is 70.2 Å². The summed E-state index contributed by atoms with van der Waals surface area (Å²) < 4.78 is 0. The van der Waals surface area contributed by atoms with Gasteiger partial charge in [-0.1, -0.05) is 24.3 Å². The third-order valence-corrected chi connectivity index (χ3v) is 7.15. The summed E-state index contributed by atoms with van der Waals surface area (Å²) in [7, 11) is 0. The molecule has 3 heterocycles. The first-order valence-electron chi connectivity index (χ1n) is 12.6. The molecule has 2 fully saturated rings. The predicted molar refractivity (Wildman–Crippen MR) is 134 cm³/mol. The van der Waals surface area contributed by atoms with Gasteiger partial charge in [-0.25, -0.2) is 4.98 Å². The number of nitrogens with zero attached hydrogens (tertiary/aromatic N) is 3. The number of hydrogen-bond donors (Lipinski definition) is 4. The minimum absolute atomic E-state index is 0.168. The van der Waals surface area contributed by atoms with E-state index in [1.54, 1.807) is 0 Å². The molecule has 0 spiro atoms. The molecule has 0 radical (unpaired) electrons. The third kappa shape index (κ3) is 5.68. The van der Waals surface area contributed by atoms with Gasteiger partial charge in [-0.05, 0) is 48.9 Å². The molecule has 34 heavy (non-hydrogen) atoms. The van der Waals surface area contributed by atoms with Crippen LogP contribution in [0.25, 0.3) is 0 Å². The number of aliphatic hydroxyl groups excluding tert-OH is 1. The largest absolute Gasteiger partial charge is 0.390 e. The SMILES string of the molecule is O=C(NC[C@H](O)CN1CCc2ccccc2C1)c1cc(NC2CCC2)nc(N2CCNCC2)c1. The topological polar surface area (TPSA) is 92.8 Å². The zero-order chi connectivity index (χ0) is 23.3. The average Bonchev–Trinajstić information content (AvgIpc) is 2.85. The molecule has 1 aromatic heterocycles. The molecule has 5 rings (SSSR count). The maximum Gasteiger partial charge on any atom is 0.251 e. The molecule has 0 bridgehead atoms. The highest BCUT2D eigenvalue weighted by Gasteiger charge is 2.22. The Balaban J connectivity index is 1.19. The Morgan fingerprint density at radius 2 is 1.94 bits per heavy atom. The van der Waals surface area contributed by atoms with Crippen molar-refractivity contribution in [3.05, 3.63) is 53.1 Å². The molecule has 8 heteroatoms. The minimum atomic E-state index is -0.615. The third-order valence-electron chi connectivity index (χ3n) is 7.15. The Morgan fingerprint density at radius 1 is 1.15 bits per heavy atom. The van der Waals surface area contributed by atoms with Crippen LogP contribution in [0.3, 0.4) is 0 Å². The number of nitrogens with one attached hydrogen (secondary N) is 3. The smallest absolute Gasteiger partial charge is 0.251 e. The first-order chi connectivity index (χ1) is 16.6. The Hall–Kier alpha value is -2.68. The maximum atomic E-state index is 13.0. The zero-order valence-electron chi connectivity index (χ0n) is 19.8. The number of hydrogen-bond acceptors (Lipinski definition) is 7. The average molecular weight is 465 g/mol. The second-order valence-corrected chi connectivity index (χ2v) is 9.73. The quantitative estimate of drug-likeness (QED) is 0.472. The van der Waals surface area contributed by atoms with Crippen molar-refractivity contribution in [1.82, 2.24) is 20.5 Å². The normalized spacial score (nSPS) is 19.7. The fourth-order valence-electron chi connectivity index (χ4n) is 4.92. The summed E-state index contributed by atoms with van der Waals surface area (Å²) >= 11 is 0. The van der Waals surface area contributed by atoms with Gasteiger partial charge in [-0.3, -0.25) is 9.69 Å². The lowest BCUT2D eigenvalue weighted by atomic mass is 9.93. The molecule has 3 aliphatic rings. The Bertz CT molecular complexity index is 989.